The van der Waals surface area contributed by atoms with E-state index in [1.54, 1.807) is 0 Å². The fourth-order valence-electron chi connectivity index (χ4n) is 3.36. The molecule has 0 atom stereocenters. The van der Waals surface area contributed by atoms with Gasteiger partial charge in [0.15, 0.2) is 0 Å². The van der Waals surface area contributed by atoms with Crippen LogP contribution < -0.4 is 15.5 Å². The van der Waals surface area contributed by atoms with Crippen LogP contribution in [-0.2, 0) is 0 Å². The predicted molar refractivity (Wildman–Crippen MR) is 115 cm³/mol. The Hall–Kier alpha value is -2.30. The number of rotatable bonds is 7. The maximum atomic E-state index is 4.60. The molecule has 1 aliphatic heterocycles. The van der Waals surface area contributed by atoms with Crippen molar-refractivity contribution in [3.63, 3.8) is 0 Å². The van der Waals surface area contributed by atoms with Gasteiger partial charge in [-0.1, -0.05) is 20.8 Å². The van der Waals surface area contributed by atoms with E-state index in [4.69, 9.17) is 0 Å². The van der Waals surface area contributed by atoms with Crippen molar-refractivity contribution in [3.8, 4) is 0 Å². The maximum absolute atomic E-state index is 4.60. The van der Waals surface area contributed by atoms with Crippen LogP contribution in [0.15, 0.2) is 30.3 Å². The van der Waals surface area contributed by atoms with Crippen molar-refractivity contribution in [1.82, 2.24) is 9.97 Å². The molecule has 0 aliphatic carbocycles. The van der Waals surface area contributed by atoms with E-state index in [0.29, 0.717) is 11.9 Å². The molecule has 0 radical (unpaired) electrons. The molecule has 2 heterocycles. The van der Waals surface area contributed by atoms with Gasteiger partial charge in [0, 0.05) is 42.8 Å². The summed E-state index contributed by atoms with van der Waals surface area (Å²) in [5.41, 5.74) is 3.27. The standard InChI is InChI=1S/C22H33N5/c1-16(2)9-12-23-21-15-18(4)24-22(26-21)25-19-5-7-20(8-6-19)27-13-10-17(3)11-14-27/h5-8,15-17H,9-14H2,1-4H3,(H2,23,24,25,26). The molecule has 5 nitrogen and oxygen atoms in total. The third-order valence-corrected chi connectivity index (χ3v) is 5.15. The first-order valence-corrected chi connectivity index (χ1v) is 10.2. The number of hydrogen-bond donors (Lipinski definition) is 2. The molecule has 0 bridgehead atoms. The van der Waals surface area contributed by atoms with Gasteiger partial charge in [-0.05, 0) is 62.3 Å². The smallest absolute Gasteiger partial charge is 0.229 e. The summed E-state index contributed by atoms with van der Waals surface area (Å²) in [5.74, 6) is 3.05. The Balaban J connectivity index is 1.62. The molecule has 1 aliphatic rings. The summed E-state index contributed by atoms with van der Waals surface area (Å²) in [5, 5.41) is 6.74. The van der Waals surface area contributed by atoms with E-state index in [0.717, 1.165) is 49.2 Å². The molecule has 0 amide bonds. The lowest BCUT2D eigenvalue weighted by Crippen LogP contribution is -2.32. The summed E-state index contributed by atoms with van der Waals surface area (Å²) in [4.78, 5) is 11.6. The van der Waals surface area contributed by atoms with E-state index >= 15 is 0 Å². The van der Waals surface area contributed by atoms with Crippen LogP contribution in [0.3, 0.4) is 0 Å². The summed E-state index contributed by atoms with van der Waals surface area (Å²) in [6.45, 7) is 12.0. The first-order valence-electron chi connectivity index (χ1n) is 10.2. The van der Waals surface area contributed by atoms with Crippen LogP contribution in [0.2, 0.25) is 0 Å². The molecular weight excluding hydrogens is 334 g/mol. The number of hydrogen-bond acceptors (Lipinski definition) is 5. The van der Waals surface area contributed by atoms with E-state index in [9.17, 15) is 0 Å². The van der Waals surface area contributed by atoms with Crippen LogP contribution in [0.4, 0.5) is 23.1 Å². The van der Waals surface area contributed by atoms with Gasteiger partial charge in [-0.3, -0.25) is 0 Å². The monoisotopic (exact) mass is 367 g/mol. The van der Waals surface area contributed by atoms with Crippen LogP contribution in [0, 0.1) is 18.8 Å². The van der Waals surface area contributed by atoms with E-state index in [2.05, 4.69) is 70.5 Å². The first-order chi connectivity index (χ1) is 13.0. The van der Waals surface area contributed by atoms with Crippen molar-refractivity contribution in [2.45, 2.75) is 47.0 Å². The van der Waals surface area contributed by atoms with Gasteiger partial charge in [-0.2, -0.15) is 4.98 Å². The Labute approximate surface area is 163 Å². The van der Waals surface area contributed by atoms with Gasteiger partial charge >= 0.3 is 0 Å². The zero-order valence-electron chi connectivity index (χ0n) is 17.1. The largest absolute Gasteiger partial charge is 0.372 e. The highest BCUT2D eigenvalue weighted by atomic mass is 15.2. The summed E-state index contributed by atoms with van der Waals surface area (Å²) in [7, 11) is 0. The number of benzene rings is 1. The van der Waals surface area contributed by atoms with E-state index < -0.39 is 0 Å². The maximum Gasteiger partial charge on any atom is 0.229 e. The number of nitrogens with one attached hydrogen (secondary N) is 2. The summed E-state index contributed by atoms with van der Waals surface area (Å²) in [6.07, 6.45) is 3.69. The molecular formula is C22H33N5. The Morgan fingerprint density at radius 3 is 2.48 bits per heavy atom. The highest BCUT2D eigenvalue weighted by Crippen LogP contribution is 2.25. The number of anilines is 4. The Morgan fingerprint density at radius 1 is 1.11 bits per heavy atom. The van der Waals surface area contributed by atoms with Crippen molar-refractivity contribution < 1.29 is 0 Å². The average Bonchev–Trinajstić information content (AvgIpc) is 2.62. The van der Waals surface area contributed by atoms with Crippen LogP contribution in [0.1, 0.15) is 45.7 Å². The molecule has 3 rings (SSSR count). The second-order valence-corrected chi connectivity index (χ2v) is 8.17. The molecule has 27 heavy (non-hydrogen) atoms. The summed E-state index contributed by atoms with van der Waals surface area (Å²) in [6, 6.07) is 10.6. The molecule has 146 valence electrons. The van der Waals surface area contributed by atoms with E-state index in [-0.39, 0.29) is 0 Å². The average molecular weight is 368 g/mol. The van der Waals surface area contributed by atoms with Gasteiger partial charge in [-0.15, -0.1) is 0 Å². The lowest BCUT2D eigenvalue weighted by molar-refractivity contribution is 0.438. The van der Waals surface area contributed by atoms with Crippen LogP contribution in [0.25, 0.3) is 0 Å². The molecule has 5 heteroatoms. The Kier molecular flexibility index (Phi) is 6.54. The molecule has 0 spiro atoms. The highest BCUT2D eigenvalue weighted by Gasteiger charge is 2.15. The summed E-state index contributed by atoms with van der Waals surface area (Å²) >= 11 is 0. The minimum absolute atomic E-state index is 0.640. The fourth-order valence-corrected chi connectivity index (χ4v) is 3.36. The van der Waals surface area contributed by atoms with Crippen molar-refractivity contribution >= 4 is 23.1 Å². The molecule has 1 saturated heterocycles. The molecule has 1 fully saturated rings. The molecule has 0 saturated carbocycles. The highest BCUT2D eigenvalue weighted by molar-refractivity contribution is 5.60. The Morgan fingerprint density at radius 2 is 1.81 bits per heavy atom. The molecule has 0 unspecified atom stereocenters. The van der Waals surface area contributed by atoms with Gasteiger partial charge in [-0.25, -0.2) is 4.98 Å². The number of aryl methyl sites for hydroxylation is 1. The zero-order chi connectivity index (χ0) is 19.2. The quantitative estimate of drug-likeness (QED) is 0.702. The zero-order valence-corrected chi connectivity index (χ0v) is 17.1. The minimum atomic E-state index is 0.640. The lowest BCUT2D eigenvalue weighted by Gasteiger charge is -2.32. The molecule has 1 aromatic heterocycles. The van der Waals surface area contributed by atoms with Gasteiger partial charge < -0.3 is 15.5 Å². The van der Waals surface area contributed by atoms with Crippen molar-refractivity contribution in [3.05, 3.63) is 36.0 Å². The minimum Gasteiger partial charge on any atom is -0.372 e. The lowest BCUT2D eigenvalue weighted by atomic mass is 9.99. The second kappa shape index (κ2) is 9.07. The third kappa shape index (κ3) is 5.84. The van der Waals surface area contributed by atoms with Crippen molar-refractivity contribution in [2.24, 2.45) is 11.8 Å². The van der Waals surface area contributed by atoms with E-state index in [1.807, 2.05) is 13.0 Å². The molecule has 1 aromatic carbocycles. The van der Waals surface area contributed by atoms with Crippen molar-refractivity contribution in [1.29, 1.82) is 0 Å². The number of piperidine rings is 1. The van der Waals surface area contributed by atoms with Crippen LogP contribution in [-0.4, -0.2) is 29.6 Å². The van der Waals surface area contributed by atoms with Gasteiger partial charge in [0.05, 0.1) is 0 Å². The first kappa shape index (κ1) is 19.5. The fraction of sp³-hybridized carbons (Fsp3) is 0.545. The van der Waals surface area contributed by atoms with Crippen LogP contribution in [0.5, 0.6) is 0 Å². The Bertz CT molecular complexity index is 718. The number of nitrogens with zero attached hydrogens (tertiary/aromatic N) is 3. The van der Waals surface area contributed by atoms with E-state index in [1.165, 1.54) is 18.5 Å². The second-order valence-electron chi connectivity index (χ2n) is 8.17. The summed E-state index contributed by atoms with van der Waals surface area (Å²) < 4.78 is 0. The third-order valence-electron chi connectivity index (χ3n) is 5.15. The van der Waals surface area contributed by atoms with Gasteiger partial charge in [0.1, 0.15) is 5.82 Å². The van der Waals surface area contributed by atoms with Gasteiger partial charge in [0.2, 0.25) is 5.95 Å². The topological polar surface area (TPSA) is 53.1 Å². The van der Waals surface area contributed by atoms with Crippen molar-refractivity contribution in [2.75, 3.05) is 35.2 Å². The predicted octanol–water partition coefficient (Wildman–Crippen LogP) is 5.22. The SMILES string of the molecule is Cc1cc(NCCC(C)C)nc(Nc2ccc(N3CCC(C)CC3)cc2)n1. The van der Waals surface area contributed by atoms with Gasteiger partial charge in [0.25, 0.3) is 0 Å². The molecule has 2 aromatic rings. The van der Waals surface area contributed by atoms with Crippen LogP contribution >= 0.6 is 0 Å². The molecule has 2 N–H and O–H groups in total. The normalized spacial score (nSPS) is 15.2. The number of aromatic nitrogens is 2.